The molecule has 0 saturated carbocycles. The zero-order valence-corrected chi connectivity index (χ0v) is 16.1. The van der Waals surface area contributed by atoms with E-state index in [0.717, 1.165) is 33.9 Å². The lowest BCUT2D eigenvalue weighted by atomic mass is 10.0. The average Bonchev–Trinajstić information content (AvgIpc) is 3.38. The summed E-state index contributed by atoms with van der Waals surface area (Å²) in [6.07, 6.45) is 0.519. The number of carbonyl (C=O) groups excluding carboxylic acids is 2. The highest BCUT2D eigenvalue weighted by Crippen LogP contribution is 2.25. The number of hydrogen-bond acceptors (Lipinski definition) is 4. The zero-order chi connectivity index (χ0) is 20.5. The molecule has 0 N–H and O–H groups in total. The first kappa shape index (κ1) is 18.0. The van der Waals surface area contributed by atoms with E-state index in [2.05, 4.69) is 10.2 Å². The second kappa shape index (κ2) is 7.40. The Morgan fingerprint density at radius 3 is 1.27 bits per heavy atom. The second-order valence-electron chi connectivity index (χ2n) is 7.11. The van der Waals surface area contributed by atoms with Gasteiger partial charge in [0.15, 0.2) is 0 Å². The van der Waals surface area contributed by atoms with Gasteiger partial charge in [0, 0.05) is 0 Å². The van der Waals surface area contributed by atoms with E-state index in [4.69, 9.17) is 0 Å². The van der Waals surface area contributed by atoms with Crippen molar-refractivity contribution in [2.45, 2.75) is 12.8 Å². The summed E-state index contributed by atoms with van der Waals surface area (Å²) in [7, 11) is 0. The van der Waals surface area contributed by atoms with Crippen LogP contribution in [-0.4, -0.2) is 23.2 Å². The van der Waals surface area contributed by atoms with Crippen LogP contribution < -0.4 is 10.0 Å². The summed E-state index contributed by atoms with van der Waals surface area (Å²) in [5.41, 5.74) is 4.74. The summed E-state index contributed by atoms with van der Waals surface area (Å²) < 4.78 is 0. The van der Waals surface area contributed by atoms with E-state index in [-0.39, 0.29) is 24.7 Å². The van der Waals surface area contributed by atoms with Gasteiger partial charge in [-0.05, 0) is 35.4 Å². The minimum absolute atomic E-state index is 0.0513. The number of amides is 2. The number of hydrogen-bond donors (Lipinski definition) is 0. The molecular weight excluding hydrogens is 376 g/mol. The van der Waals surface area contributed by atoms with Gasteiger partial charge in [-0.25, -0.2) is 10.0 Å². The van der Waals surface area contributed by atoms with Crippen LogP contribution in [0.5, 0.6) is 0 Å². The van der Waals surface area contributed by atoms with Gasteiger partial charge in [0.05, 0.1) is 35.6 Å². The fraction of sp³-hybridized carbons (Fsp3) is 0.0833. The van der Waals surface area contributed by atoms with Crippen LogP contribution in [0.2, 0.25) is 0 Å². The standard InChI is InChI=1S/C24H18N4O2/c29-23-15-21(25-27(23)19-7-3-1-4-8-19)17-11-13-18(14-12-17)22-16-24(30)28(26-22)20-9-5-2-6-10-20/h1-14H,15-16H2. The van der Waals surface area contributed by atoms with Crippen molar-refractivity contribution >= 4 is 34.6 Å². The summed E-state index contributed by atoms with van der Waals surface area (Å²) in [6.45, 7) is 0. The number of rotatable bonds is 4. The van der Waals surface area contributed by atoms with Crippen molar-refractivity contribution in [1.82, 2.24) is 0 Å². The Hall–Kier alpha value is -4.06. The lowest BCUT2D eigenvalue weighted by Crippen LogP contribution is -2.19. The third-order valence-electron chi connectivity index (χ3n) is 5.10. The Kier molecular flexibility index (Phi) is 4.44. The molecule has 5 rings (SSSR count). The molecule has 0 unspecified atom stereocenters. The monoisotopic (exact) mass is 394 g/mol. The fourth-order valence-corrected chi connectivity index (χ4v) is 3.58. The minimum Gasteiger partial charge on any atom is -0.272 e. The zero-order valence-electron chi connectivity index (χ0n) is 16.1. The molecule has 146 valence electrons. The highest BCUT2D eigenvalue weighted by molar-refractivity contribution is 6.21. The molecule has 30 heavy (non-hydrogen) atoms. The van der Waals surface area contributed by atoms with E-state index in [0.29, 0.717) is 0 Å². The first-order chi connectivity index (χ1) is 14.7. The molecule has 0 aliphatic carbocycles. The predicted molar refractivity (Wildman–Crippen MR) is 117 cm³/mol. The number of benzene rings is 3. The summed E-state index contributed by atoms with van der Waals surface area (Å²) in [5, 5.41) is 11.9. The summed E-state index contributed by atoms with van der Waals surface area (Å²) in [4.78, 5) is 24.8. The predicted octanol–water partition coefficient (Wildman–Crippen LogP) is 3.97. The largest absolute Gasteiger partial charge is 0.272 e. The van der Waals surface area contributed by atoms with Crippen LogP contribution in [0.3, 0.4) is 0 Å². The molecule has 2 heterocycles. The van der Waals surface area contributed by atoms with E-state index in [1.165, 1.54) is 10.0 Å². The van der Waals surface area contributed by atoms with Crippen molar-refractivity contribution in [1.29, 1.82) is 0 Å². The van der Waals surface area contributed by atoms with Crippen LogP contribution in [0.25, 0.3) is 0 Å². The van der Waals surface area contributed by atoms with Crippen LogP contribution in [0.1, 0.15) is 24.0 Å². The van der Waals surface area contributed by atoms with Gasteiger partial charge < -0.3 is 0 Å². The third kappa shape index (κ3) is 3.28. The van der Waals surface area contributed by atoms with Gasteiger partial charge >= 0.3 is 0 Å². The van der Waals surface area contributed by atoms with Crippen molar-refractivity contribution in [2.75, 3.05) is 10.0 Å². The van der Waals surface area contributed by atoms with Gasteiger partial charge in [-0.15, -0.1) is 0 Å². The molecule has 3 aromatic carbocycles. The molecule has 6 heteroatoms. The molecule has 0 atom stereocenters. The first-order valence-electron chi connectivity index (χ1n) is 9.71. The maximum Gasteiger partial charge on any atom is 0.253 e. The molecule has 3 aromatic rings. The van der Waals surface area contributed by atoms with E-state index < -0.39 is 0 Å². The van der Waals surface area contributed by atoms with Crippen LogP contribution in [-0.2, 0) is 9.59 Å². The van der Waals surface area contributed by atoms with Gasteiger partial charge in [-0.2, -0.15) is 10.2 Å². The number of hydrazone groups is 2. The summed E-state index contributed by atoms with van der Waals surface area (Å²) in [6, 6.07) is 26.5. The highest BCUT2D eigenvalue weighted by Gasteiger charge is 2.28. The summed E-state index contributed by atoms with van der Waals surface area (Å²) >= 11 is 0. The number of para-hydroxylation sites is 2. The molecule has 6 nitrogen and oxygen atoms in total. The Morgan fingerprint density at radius 1 is 0.533 bits per heavy atom. The molecule has 2 aliphatic heterocycles. The van der Waals surface area contributed by atoms with Gasteiger partial charge in [-0.1, -0.05) is 60.7 Å². The number of nitrogens with zero attached hydrogens (tertiary/aromatic N) is 4. The molecule has 0 saturated heterocycles. The molecule has 0 aromatic heterocycles. The van der Waals surface area contributed by atoms with Crippen LogP contribution >= 0.6 is 0 Å². The van der Waals surface area contributed by atoms with Gasteiger partial charge in [-0.3, -0.25) is 9.59 Å². The molecule has 0 radical (unpaired) electrons. The quantitative estimate of drug-likeness (QED) is 0.672. The Bertz CT molecular complexity index is 1070. The van der Waals surface area contributed by atoms with Crippen molar-refractivity contribution in [3.05, 3.63) is 96.1 Å². The van der Waals surface area contributed by atoms with E-state index in [1.807, 2.05) is 84.9 Å². The Morgan fingerprint density at radius 2 is 0.900 bits per heavy atom. The maximum absolute atomic E-state index is 12.4. The Labute approximate surface area is 173 Å². The first-order valence-corrected chi connectivity index (χ1v) is 9.71. The Balaban J connectivity index is 1.38. The summed E-state index contributed by atoms with van der Waals surface area (Å²) in [5.74, 6) is -0.103. The lowest BCUT2D eigenvalue weighted by molar-refractivity contribution is -0.117. The SMILES string of the molecule is O=C1CC(c2ccc(C3=NN(c4ccccc4)C(=O)C3)cc2)=NN1c1ccccc1. The van der Waals surface area contributed by atoms with Crippen LogP contribution in [0.4, 0.5) is 11.4 Å². The van der Waals surface area contributed by atoms with Gasteiger partial charge in [0.2, 0.25) is 0 Å². The number of carbonyl (C=O) groups is 2. The normalized spacial score (nSPS) is 16.1. The highest BCUT2D eigenvalue weighted by atomic mass is 16.2. The van der Waals surface area contributed by atoms with Gasteiger partial charge in [0.1, 0.15) is 0 Å². The van der Waals surface area contributed by atoms with Crippen molar-refractivity contribution < 1.29 is 9.59 Å². The van der Waals surface area contributed by atoms with Gasteiger partial charge in [0.25, 0.3) is 11.8 Å². The van der Waals surface area contributed by atoms with Crippen molar-refractivity contribution in [3.63, 3.8) is 0 Å². The minimum atomic E-state index is -0.0513. The van der Waals surface area contributed by atoms with Crippen molar-refractivity contribution in [2.24, 2.45) is 10.2 Å². The van der Waals surface area contributed by atoms with E-state index >= 15 is 0 Å². The molecule has 2 amide bonds. The van der Waals surface area contributed by atoms with E-state index in [1.54, 1.807) is 0 Å². The number of anilines is 2. The fourth-order valence-electron chi connectivity index (χ4n) is 3.58. The van der Waals surface area contributed by atoms with E-state index in [9.17, 15) is 9.59 Å². The molecule has 2 aliphatic rings. The topological polar surface area (TPSA) is 65.3 Å². The smallest absolute Gasteiger partial charge is 0.253 e. The average molecular weight is 394 g/mol. The van der Waals surface area contributed by atoms with Crippen LogP contribution in [0.15, 0.2) is 95.1 Å². The second-order valence-corrected chi connectivity index (χ2v) is 7.11. The lowest BCUT2D eigenvalue weighted by Gasteiger charge is -2.10. The maximum atomic E-state index is 12.4. The molecule has 0 spiro atoms. The third-order valence-corrected chi connectivity index (χ3v) is 5.10. The molecular formula is C24H18N4O2. The van der Waals surface area contributed by atoms with Crippen molar-refractivity contribution in [3.8, 4) is 0 Å². The molecule has 0 fully saturated rings. The molecule has 0 bridgehead atoms. The van der Waals surface area contributed by atoms with Crippen LogP contribution in [0, 0.1) is 0 Å².